The van der Waals surface area contributed by atoms with Gasteiger partial charge in [0, 0.05) is 25.7 Å². The fourth-order valence-electron chi connectivity index (χ4n) is 3.39. The largest absolute Gasteiger partial charge is 0.489 e. The van der Waals surface area contributed by atoms with Gasteiger partial charge >= 0.3 is 0 Å². The molecule has 1 aromatic carbocycles. The summed E-state index contributed by atoms with van der Waals surface area (Å²) in [6, 6.07) is 6.97. The van der Waals surface area contributed by atoms with Gasteiger partial charge in [0.1, 0.15) is 17.7 Å². The monoisotopic (exact) mass is 490 g/mol. The van der Waals surface area contributed by atoms with Crippen molar-refractivity contribution in [1.82, 2.24) is 15.5 Å². The predicted octanol–water partition coefficient (Wildman–Crippen LogP) is 3.25. The fraction of sp³-hybridized carbons (Fsp3) is 0.650. The molecule has 2 N–H and O–H groups in total. The lowest BCUT2D eigenvalue weighted by molar-refractivity contribution is 0.230. The molecule has 1 aliphatic carbocycles. The summed E-state index contributed by atoms with van der Waals surface area (Å²) in [5.74, 6) is 1.95. The standard InChI is InChI=1S/C20H31FN4O.HI/c1-3-22-20(24-13-16-10-11-25(14-16)18-6-7-18)23-12-15(2)26-19-8-4-17(21)5-9-19;/h4-5,8-9,15-16,18H,3,6-7,10-14H2,1-2H3,(H2,22,23,24);1H. The van der Waals surface area contributed by atoms with E-state index in [0.717, 1.165) is 25.1 Å². The summed E-state index contributed by atoms with van der Waals surface area (Å²) in [6.07, 6.45) is 3.96. The lowest BCUT2D eigenvalue weighted by Gasteiger charge is -2.18. The zero-order valence-corrected chi connectivity index (χ0v) is 18.6. The van der Waals surface area contributed by atoms with Gasteiger partial charge in [0.15, 0.2) is 5.96 Å². The molecule has 0 amide bonds. The van der Waals surface area contributed by atoms with Crippen LogP contribution in [0.3, 0.4) is 0 Å². The summed E-state index contributed by atoms with van der Waals surface area (Å²) in [4.78, 5) is 7.27. The molecule has 152 valence electrons. The molecule has 1 aliphatic heterocycles. The van der Waals surface area contributed by atoms with Gasteiger partial charge in [0.25, 0.3) is 0 Å². The van der Waals surface area contributed by atoms with Crippen LogP contribution in [0.1, 0.15) is 33.1 Å². The molecule has 7 heteroatoms. The Balaban J connectivity index is 0.00000261. The highest BCUT2D eigenvalue weighted by molar-refractivity contribution is 14.0. The van der Waals surface area contributed by atoms with E-state index in [-0.39, 0.29) is 35.9 Å². The van der Waals surface area contributed by atoms with Crippen molar-refractivity contribution >= 4 is 29.9 Å². The second kappa shape index (κ2) is 11.0. The molecule has 1 saturated carbocycles. The summed E-state index contributed by atoms with van der Waals surface area (Å²) >= 11 is 0. The fourth-order valence-corrected chi connectivity index (χ4v) is 3.39. The molecule has 0 bridgehead atoms. The van der Waals surface area contributed by atoms with Crippen LogP contribution in [0.15, 0.2) is 29.3 Å². The molecule has 0 aromatic heterocycles. The Kier molecular flexibility index (Phi) is 9.08. The van der Waals surface area contributed by atoms with Crippen LogP contribution in [0.25, 0.3) is 0 Å². The lowest BCUT2D eigenvalue weighted by Crippen LogP contribution is -2.41. The van der Waals surface area contributed by atoms with Crippen molar-refractivity contribution in [1.29, 1.82) is 0 Å². The first-order chi connectivity index (χ1) is 12.6. The Morgan fingerprint density at radius 1 is 1.26 bits per heavy atom. The Bertz CT molecular complexity index is 594. The van der Waals surface area contributed by atoms with Gasteiger partial charge in [-0.2, -0.15) is 0 Å². The van der Waals surface area contributed by atoms with E-state index in [2.05, 4.69) is 27.4 Å². The lowest BCUT2D eigenvalue weighted by atomic mass is 10.1. The van der Waals surface area contributed by atoms with Gasteiger partial charge in [-0.25, -0.2) is 9.38 Å². The van der Waals surface area contributed by atoms with E-state index < -0.39 is 0 Å². The van der Waals surface area contributed by atoms with Crippen molar-refractivity contribution in [3.63, 3.8) is 0 Å². The Morgan fingerprint density at radius 3 is 2.67 bits per heavy atom. The quantitative estimate of drug-likeness (QED) is 0.334. The minimum Gasteiger partial charge on any atom is -0.489 e. The van der Waals surface area contributed by atoms with Crippen LogP contribution < -0.4 is 15.4 Å². The van der Waals surface area contributed by atoms with E-state index in [0.29, 0.717) is 18.2 Å². The third-order valence-electron chi connectivity index (χ3n) is 4.94. The van der Waals surface area contributed by atoms with Gasteiger partial charge < -0.3 is 20.3 Å². The Morgan fingerprint density at radius 2 is 2.00 bits per heavy atom. The molecule has 2 fully saturated rings. The smallest absolute Gasteiger partial charge is 0.191 e. The normalized spacial score (nSPS) is 21.4. The number of hydrogen-bond donors (Lipinski definition) is 2. The first kappa shape index (κ1) is 22.2. The number of ether oxygens (including phenoxy) is 1. The average molecular weight is 490 g/mol. The van der Waals surface area contributed by atoms with E-state index in [1.54, 1.807) is 12.1 Å². The first-order valence-corrected chi connectivity index (χ1v) is 9.82. The van der Waals surface area contributed by atoms with E-state index >= 15 is 0 Å². The number of likely N-dealkylation sites (tertiary alicyclic amines) is 1. The predicted molar refractivity (Wildman–Crippen MR) is 119 cm³/mol. The number of aliphatic imine (C=N–C) groups is 1. The molecule has 2 unspecified atom stereocenters. The highest BCUT2D eigenvalue weighted by Gasteiger charge is 2.34. The van der Waals surface area contributed by atoms with Crippen LogP contribution in [0.5, 0.6) is 5.75 Å². The van der Waals surface area contributed by atoms with Crippen LogP contribution in [0.4, 0.5) is 4.39 Å². The summed E-state index contributed by atoms with van der Waals surface area (Å²) in [5.41, 5.74) is 0. The van der Waals surface area contributed by atoms with Crippen LogP contribution in [-0.2, 0) is 0 Å². The van der Waals surface area contributed by atoms with Crippen molar-refractivity contribution in [3.05, 3.63) is 30.1 Å². The van der Waals surface area contributed by atoms with Crippen molar-refractivity contribution in [3.8, 4) is 5.75 Å². The molecule has 0 radical (unpaired) electrons. The third-order valence-corrected chi connectivity index (χ3v) is 4.94. The molecule has 3 rings (SSSR count). The number of guanidine groups is 1. The third kappa shape index (κ3) is 7.44. The molecule has 1 saturated heterocycles. The maximum absolute atomic E-state index is 13.0. The topological polar surface area (TPSA) is 48.9 Å². The molecule has 1 heterocycles. The Labute approximate surface area is 179 Å². The van der Waals surface area contributed by atoms with Gasteiger partial charge in [0.2, 0.25) is 0 Å². The van der Waals surface area contributed by atoms with E-state index in [9.17, 15) is 4.39 Å². The maximum Gasteiger partial charge on any atom is 0.191 e. The van der Waals surface area contributed by atoms with Gasteiger partial charge in [-0.3, -0.25) is 0 Å². The molecular formula is C20H32FIN4O. The van der Waals surface area contributed by atoms with Gasteiger partial charge in [0.05, 0.1) is 6.54 Å². The molecular weight excluding hydrogens is 458 g/mol. The molecule has 2 aliphatic rings. The average Bonchev–Trinajstić information content (AvgIpc) is 3.38. The molecule has 27 heavy (non-hydrogen) atoms. The van der Waals surface area contributed by atoms with Crippen LogP contribution in [0, 0.1) is 11.7 Å². The van der Waals surface area contributed by atoms with Gasteiger partial charge in [-0.1, -0.05) is 0 Å². The molecule has 0 spiro atoms. The van der Waals surface area contributed by atoms with Crippen molar-refractivity contribution in [2.24, 2.45) is 10.9 Å². The maximum atomic E-state index is 13.0. The number of rotatable bonds is 8. The minimum absolute atomic E-state index is 0. The van der Waals surface area contributed by atoms with E-state index in [4.69, 9.17) is 4.74 Å². The number of halogens is 2. The second-order valence-electron chi connectivity index (χ2n) is 7.36. The summed E-state index contributed by atoms with van der Waals surface area (Å²) < 4.78 is 18.7. The van der Waals surface area contributed by atoms with E-state index in [1.165, 1.54) is 44.5 Å². The number of benzene rings is 1. The molecule has 1 aromatic rings. The van der Waals surface area contributed by atoms with Crippen LogP contribution >= 0.6 is 24.0 Å². The zero-order chi connectivity index (χ0) is 18.4. The van der Waals surface area contributed by atoms with Crippen molar-refractivity contribution in [2.75, 3.05) is 32.7 Å². The number of hydrogen-bond acceptors (Lipinski definition) is 3. The van der Waals surface area contributed by atoms with Crippen LogP contribution in [-0.4, -0.2) is 55.7 Å². The molecule has 2 atom stereocenters. The highest BCUT2D eigenvalue weighted by atomic mass is 127. The van der Waals surface area contributed by atoms with Crippen molar-refractivity contribution in [2.45, 2.75) is 45.3 Å². The minimum atomic E-state index is -0.256. The SMILES string of the molecule is CCNC(=NCC(C)Oc1ccc(F)cc1)NCC1CCN(C2CC2)C1.I. The van der Waals surface area contributed by atoms with Crippen molar-refractivity contribution < 1.29 is 9.13 Å². The molecule has 5 nitrogen and oxygen atoms in total. The highest BCUT2D eigenvalue weighted by Crippen LogP contribution is 2.31. The summed E-state index contributed by atoms with van der Waals surface area (Å²) in [7, 11) is 0. The summed E-state index contributed by atoms with van der Waals surface area (Å²) in [5, 5.41) is 6.78. The van der Waals surface area contributed by atoms with Gasteiger partial charge in [-0.05, 0) is 69.8 Å². The second-order valence-corrected chi connectivity index (χ2v) is 7.36. The summed E-state index contributed by atoms with van der Waals surface area (Å²) in [6.45, 7) is 8.83. The Hall–Kier alpha value is -1.09. The van der Waals surface area contributed by atoms with E-state index in [1.807, 2.05) is 6.92 Å². The van der Waals surface area contributed by atoms with Crippen LogP contribution in [0.2, 0.25) is 0 Å². The van der Waals surface area contributed by atoms with Gasteiger partial charge in [-0.15, -0.1) is 24.0 Å². The zero-order valence-electron chi connectivity index (χ0n) is 16.3. The number of nitrogens with one attached hydrogen (secondary N) is 2. The number of nitrogens with zero attached hydrogens (tertiary/aromatic N) is 2. The first-order valence-electron chi connectivity index (χ1n) is 9.82.